The third kappa shape index (κ3) is 2.53. The molecule has 0 amide bonds. The Morgan fingerprint density at radius 1 is 1.38 bits per heavy atom. The fraction of sp³-hybridized carbons (Fsp3) is 0.182. The van der Waals surface area contributed by atoms with Gasteiger partial charge in [-0.2, -0.15) is 0 Å². The maximum Gasteiger partial charge on any atom is 0.115 e. The molecule has 2 aromatic rings. The van der Waals surface area contributed by atoms with Crippen molar-refractivity contribution in [3.8, 4) is 0 Å². The molecule has 0 saturated heterocycles. The molecule has 0 radical (unpaired) electrons. The van der Waals surface area contributed by atoms with E-state index >= 15 is 0 Å². The number of aryl methyl sites for hydroxylation is 1. The number of rotatable bonds is 2. The van der Waals surface area contributed by atoms with Crippen LogP contribution in [0.2, 0.25) is 0 Å². The SMILES string of the molecule is Cc1ccc(C(O)c2cc(Br)c(Br)s2)cn1. The van der Waals surface area contributed by atoms with E-state index in [0.29, 0.717) is 0 Å². The van der Waals surface area contributed by atoms with Crippen LogP contribution >= 0.6 is 43.2 Å². The van der Waals surface area contributed by atoms with Gasteiger partial charge in [-0.1, -0.05) is 6.07 Å². The minimum atomic E-state index is -0.610. The van der Waals surface area contributed by atoms with Crippen LogP contribution in [0, 0.1) is 6.92 Å². The predicted octanol–water partition coefficient (Wildman–Crippen LogP) is 4.06. The first-order chi connectivity index (χ1) is 7.58. The molecule has 0 bridgehead atoms. The highest BCUT2D eigenvalue weighted by atomic mass is 79.9. The number of aliphatic hydroxyl groups excluding tert-OH is 1. The van der Waals surface area contributed by atoms with Gasteiger partial charge < -0.3 is 5.11 Å². The van der Waals surface area contributed by atoms with Crippen LogP contribution < -0.4 is 0 Å². The van der Waals surface area contributed by atoms with Gasteiger partial charge in [0, 0.05) is 26.8 Å². The highest BCUT2D eigenvalue weighted by molar-refractivity contribution is 9.13. The highest BCUT2D eigenvalue weighted by Crippen LogP contribution is 2.37. The second-order valence-corrected chi connectivity index (χ2v) is 6.66. The third-order valence-electron chi connectivity index (χ3n) is 2.18. The lowest BCUT2D eigenvalue weighted by Crippen LogP contribution is -1.97. The van der Waals surface area contributed by atoms with Crippen LogP contribution in [-0.2, 0) is 0 Å². The molecule has 1 N–H and O–H groups in total. The van der Waals surface area contributed by atoms with Crippen molar-refractivity contribution >= 4 is 43.2 Å². The molecular weight excluding hydrogens is 354 g/mol. The number of halogens is 2. The highest BCUT2D eigenvalue weighted by Gasteiger charge is 2.15. The molecule has 2 heterocycles. The number of hydrogen-bond acceptors (Lipinski definition) is 3. The summed E-state index contributed by atoms with van der Waals surface area (Å²) in [6, 6.07) is 5.71. The summed E-state index contributed by atoms with van der Waals surface area (Å²) in [4.78, 5) is 5.07. The standard InChI is InChI=1S/C11H9Br2NOS/c1-6-2-3-7(5-14-6)10(15)9-4-8(12)11(13)16-9/h2-5,10,15H,1H3. The van der Waals surface area contributed by atoms with Crippen LogP contribution in [0.5, 0.6) is 0 Å². The number of nitrogens with zero attached hydrogens (tertiary/aromatic N) is 1. The largest absolute Gasteiger partial charge is 0.383 e. The molecule has 5 heteroatoms. The minimum absolute atomic E-state index is 0.610. The summed E-state index contributed by atoms with van der Waals surface area (Å²) in [6.07, 6.45) is 1.10. The van der Waals surface area contributed by atoms with E-state index in [0.717, 1.165) is 24.4 Å². The lowest BCUT2D eigenvalue weighted by Gasteiger charge is -2.08. The molecule has 0 spiro atoms. The van der Waals surface area contributed by atoms with Gasteiger partial charge in [0.2, 0.25) is 0 Å². The Bertz CT molecular complexity index is 476. The van der Waals surface area contributed by atoms with E-state index in [1.54, 1.807) is 6.20 Å². The molecule has 2 aromatic heterocycles. The lowest BCUT2D eigenvalue weighted by atomic mass is 10.1. The lowest BCUT2D eigenvalue weighted by molar-refractivity contribution is 0.223. The Labute approximate surface area is 115 Å². The molecule has 0 fully saturated rings. The molecule has 16 heavy (non-hydrogen) atoms. The van der Waals surface area contributed by atoms with Crippen molar-refractivity contribution in [1.82, 2.24) is 4.98 Å². The second kappa shape index (κ2) is 4.96. The number of pyridine rings is 1. The van der Waals surface area contributed by atoms with Gasteiger partial charge >= 0.3 is 0 Å². The fourth-order valence-electron chi connectivity index (χ4n) is 1.30. The normalized spacial score (nSPS) is 12.8. The maximum atomic E-state index is 10.1. The summed E-state index contributed by atoms with van der Waals surface area (Å²) in [6.45, 7) is 1.93. The van der Waals surface area contributed by atoms with Crippen LogP contribution in [0.3, 0.4) is 0 Å². The van der Waals surface area contributed by atoms with Gasteiger partial charge in [0.15, 0.2) is 0 Å². The van der Waals surface area contributed by atoms with Gasteiger partial charge in [0.1, 0.15) is 6.10 Å². The van der Waals surface area contributed by atoms with E-state index in [1.165, 1.54) is 11.3 Å². The topological polar surface area (TPSA) is 33.1 Å². The van der Waals surface area contributed by atoms with Gasteiger partial charge in [-0.05, 0) is 50.9 Å². The number of aliphatic hydroxyl groups is 1. The fourth-order valence-corrected chi connectivity index (χ4v) is 3.41. The molecule has 0 aliphatic heterocycles. The van der Waals surface area contributed by atoms with Crippen molar-refractivity contribution in [2.24, 2.45) is 0 Å². The van der Waals surface area contributed by atoms with Crippen molar-refractivity contribution in [3.63, 3.8) is 0 Å². The van der Waals surface area contributed by atoms with Gasteiger partial charge in [-0.3, -0.25) is 4.98 Å². The third-order valence-corrected chi connectivity index (χ3v) is 5.49. The maximum absolute atomic E-state index is 10.1. The van der Waals surface area contributed by atoms with Crippen molar-refractivity contribution in [1.29, 1.82) is 0 Å². The van der Waals surface area contributed by atoms with E-state index in [2.05, 4.69) is 36.8 Å². The molecule has 2 nitrogen and oxygen atoms in total. The smallest absolute Gasteiger partial charge is 0.115 e. The molecule has 0 saturated carbocycles. The molecular formula is C11H9Br2NOS. The van der Waals surface area contributed by atoms with Gasteiger partial charge in [0.25, 0.3) is 0 Å². The molecule has 0 aliphatic carbocycles. The Hall–Kier alpha value is -0.230. The zero-order valence-electron chi connectivity index (χ0n) is 8.45. The van der Waals surface area contributed by atoms with Gasteiger partial charge in [0.05, 0.1) is 3.79 Å². The van der Waals surface area contributed by atoms with Crippen molar-refractivity contribution in [2.75, 3.05) is 0 Å². The quantitative estimate of drug-likeness (QED) is 0.873. The van der Waals surface area contributed by atoms with Crippen LogP contribution in [0.15, 0.2) is 32.7 Å². The molecule has 84 valence electrons. The molecule has 2 rings (SSSR count). The second-order valence-electron chi connectivity index (χ2n) is 3.41. The molecule has 0 aliphatic rings. The zero-order valence-corrected chi connectivity index (χ0v) is 12.4. The van der Waals surface area contributed by atoms with Crippen LogP contribution in [0.1, 0.15) is 22.2 Å². The summed E-state index contributed by atoms with van der Waals surface area (Å²) in [5.41, 5.74) is 1.76. The summed E-state index contributed by atoms with van der Waals surface area (Å²) in [5.74, 6) is 0. The van der Waals surface area contributed by atoms with E-state index in [9.17, 15) is 5.11 Å². The first-order valence-electron chi connectivity index (χ1n) is 4.63. The Morgan fingerprint density at radius 2 is 2.12 bits per heavy atom. The van der Waals surface area contributed by atoms with Crippen LogP contribution in [0.4, 0.5) is 0 Å². The first-order valence-corrected chi connectivity index (χ1v) is 7.03. The predicted molar refractivity (Wildman–Crippen MR) is 72.8 cm³/mol. The molecule has 1 atom stereocenters. The molecule has 1 unspecified atom stereocenters. The van der Waals surface area contributed by atoms with Crippen molar-refractivity contribution < 1.29 is 5.11 Å². The summed E-state index contributed by atoms with van der Waals surface area (Å²) in [5, 5.41) is 10.1. The van der Waals surface area contributed by atoms with E-state index in [-0.39, 0.29) is 0 Å². The van der Waals surface area contributed by atoms with Crippen LogP contribution in [0.25, 0.3) is 0 Å². The zero-order chi connectivity index (χ0) is 11.7. The minimum Gasteiger partial charge on any atom is -0.383 e. The average Bonchev–Trinajstić information content (AvgIpc) is 2.59. The van der Waals surface area contributed by atoms with Gasteiger partial charge in [-0.25, -0.2) is 0 Å². The summed E-state index contributed by atoms with van der Waals surface area (Å²) < 4.78 is 1.95. The number of thiophene rings is 1. The first kappa shape index (κ1) is 12.2. The number of aromatic nitrogens is 1. The molecule has 0 aromatic carbocycles. The van der Waals surface area contributed by atoms with Crippen LogP contribution in [-0.4, -0.2) is 10.1 Å². The van der Waals surface area contributed by atoms with E-state index in [4.69, 9.17) is 0 Å². The van der Waals surface area contributed by atoms with E-state index in [1.807, 2.05) is 25.1 Å². The van der Waals surface area contributed by atoms with E-state index < -0.39 is 6.10 Å². The van der Waals surface area contributed by atoms with Gasteiger partial charge in [-0.15, -0.1) is 11.3 Å². The monoisotopic (exact) mass is 361 g/mol. The summed E-state index contributed by atoms with van der Waals surface area (Å²) >= 11 is 8.33. The average molecular weight is 363 g/mol. The Morgan fingerprint density at radius 3 is 2.62 bits per heavy atom. The Balaban J connectivity index is 2.31. The van der Waals surface area contributed by atoms with Crippen molar-refractivity contribution in [3.05, 3.63) is 48.8 Å². The summed E-state index contributed by atoms with van der Waals surface area (Å²) in [7, 11) is 0. The van der Waals surface area contributed by atoms with Crippen molar-refractivity contribution in [2.45, 2.75) is 13.0 Å². The Kier molecular flexibility index (Phi) is 3.79. The number of hydrogen-bond donors (Lipinski definition) is 1.